The molecule has 2 aliphatic heterocycles. The average molecular weight is 381 g/mol. The molecular weight excluding hydrogens is 358 g/mol. The van der Waals surface area contributed by atoms with Crippen LogP contribution in [0.25, 0.3) is 5.57 Å². The monoisotopic (exact) mass is 381 g/mol. The maximum absolute atomic E-state index is 12.7. The van der Waals surface area contributed by atoms with E-state index in [-0.39, 0.29) is 5.91 Å². The van der Waals surface area contributed by atoms with Crippen LogP contribution in [0, 0.1) is 12.8 Å². The number of hydrogen-bond acceptors (Lipinski definition) is 7. The molecule has 0 radical (unpaired) electrons. The molecular formula is C20H23N5O3. The molecule has 146 valence electrons. The van der Waals surface area contributed by atoms with Crippen LogP contribution in [0.2, 0.25) is 0 Å². The highest BCUT2D eigenvalue weighted by molar-refractivity contribution is 6.31. The van der Waals surface area contributed by atoms with Crippen LogP contribution in [-0.2, 0) is 9.53 Å². The molecule has 0 bridgehead atoms. The van der Waals surface area contributed by atoms with Crippen molar-refractivity contribution < 1.29 is 14.3 Å². The lowest BCUT2D eigenvalue weighted by Gasteiger charge is -2.19. The van der Waals surface area contributed by atoms with Gasteiger partial charge in [-0.15, -0.1) is 0 Å². The second-order valence-corrected chi connectivity index (χ2v) is 6.99. The summed E-state index contributed by atoms with van der Waals surface area (Å²) in [6, 6.07) is 1.89. The third kappa shape index (κ3) is 3.43. The van der Waals surface area contributed by atoms with Crippen LogP contribution < -0.4 is 15.0 Å². The number of likely N-dealkylation sites (N-methyl/N-ethyl adjacent to an activating group) is 1. The van der Waals surface area contributed by atoms with Crippen LogP contribution in [-0.4, -0.2) is 48.2 Å². The predicted molar refractivity (Wildman–Crippen MR) is 106 cm³/mol. The summed E-state index contributed by atoms with van der Waals surface area (Å²) in [5.74, 6) is 2.01. The number of nitrogens with zero attached hydrogens (tertiary/aromatic N) is 4. The van der Waals surface area contributed by atoms with Crippen LogP contribution in [0.1, 0.15) is 24.1 Å². The molecule has 1 amide bonds. The van der Waals surface area contributed by atoms with Crippen molar-refractivity contribution in [3.05, 3.63) is 35.8 Å². The second-order valence-electron chi connectivity index (χ2n) is 6.99. The van der Waals surface area contributed by atoms with Gasteiger partial charge in [-0.1, -0.05) is 6.08 Å². The summed E-state index contributed by atoms with van der Waals surface area (Å²) < 4.78 is 10.6. The van der Waals surface area contributed by atoms with Gasteiger partial charge in [0, 0.05) is 20.3 Å². The van der Waals surface area contributed by atoms with Gasteiger partial charge in [-0.05, 0) is 37.3 Å². The first-order chi connectivity index (χ1) is 13.6. The van der Waals surface area contributed by atoms with Crippen molar-refractivity contribution in [2.75, 3.05) is 37.6 Å². The van der Waals surface area contributed by atoms with Gasteiger partial charge < -0.3 is 19.7 Å². The van der Waals surface area contributed by atoms with E-state index in [9.17, 15) is 4.79 Å². The fraction of sp³-hybridized carbons (Fsp3) is 0.400. The highest BCUT2D eigenvalue weighted by Gasteiger charge is 2.33. The quantitative estimate of drug-likeness (QED) is 0.815. The topological polar surface area (TPSA) is 89.5 Å². The number of carbonyl (C=O) groups excluding carboxylic acids is 1. The number of amides is 1. The number of hydrogen-bond donors (Lipinski definition) is 1. The van der Waals surface area contributed by atoms with E-state index < -0.39 is 0 Å². The molecule has 1 fully saturated rings. The molecule has 4 heterocycles. The van der Waals surface area contributed by atoms with Gasteiger partial charge >= 0.3 is 0 Å². The van der Waals surface area contributed by atoms with E-state index in [1.54, 1.807) is 31.5 Å². The van der Waals surface area contributed by atoms with Crippen molar-refractivity contribution in [1.82, 2.24) is 15.0 Å². The Morgan fingerprint density at radius 2 is 2.07 bits per heavy atom. The molecule has 4 rings (SSSR count). The van der Waals surface area contributed by atoms with Gasteiger partial charge in [0.25, 0.3) is 5.91 Å². The number of aromatic nitrogens is 3. The molecule has 0 saturated carbocycles. The maximum Gasteiger partial charge on any atom is 0.260 e. The fourth-order valence-electron chi connectivity index (χ4n) is 3.44. The van der Waals surface area contributed by atoms with E-state index in [2.05, 4.69) is 20.3 Å². The molecule has 0 spiro atoms. The summed E-state index contributed by atoms with van der Waals surface area (Å²) in [5.41, 5.74) is 2.92. The van der Waals surface area contributed by atoms with Crippen molar-refractivity contribution in [2.24, 2.45) is 5.92 Å². The van der Waals surface area contributed by atoms with E-state index in [0.29, 0.717) is 40.4 Å². The minimum atomic E-state index is -0.0494. The normalized spacial score (nSPS) is 18.5. The number of aryl methyl sites for hydroxylation is 1. The SMILES string of the molecule is COc1cnc(Nc2ncc3c(n2)/C(=C\C2CCOCC2)C(=O)N3C)c(C)c1. The summed E-state index contributed by atoms with van der Waals surface area (Å²) in [6.07, 6.45) is 7.19. The van der Waals surface area contributed by atoms with Gasteiger partial charge in [0.15, 0.2) is 0 Å². The zero-order valence-corrected chi connectivity index (χ0v) is 16.2. The number of anilines is 3. The summed E-state index contributed by atoms with van der Waals surface area (Å²) in [4.78, 5) is 27.7. The number of rotatable bonds is 4. The third-order valence-electron chi connectivity index (χ3n) is 5.11. The van der Waals surface area contributed by atoms with Crippen LogP contribution in [0.4, 0.5) is 17.5 Å². The summed E-state index contributed by atoms with van der Waals surface area (Å²) in [5, 5.41) is 3.14. The molecule has 0 aliphatic carbocycles. The van der Waals surface area contributed by atoms with Crippen LogP contribution in [0.15, 0.2) is 24.5 Å². The van der Waals surface area contributed by atoms with Gasteiger partial charge in [0.05, 0.1) is 30.8 Å². The summed E-state index contributed by atoms with van der Waals surface area (Å²) in [7, 11) is 3.35. The Hall–Kier alpha value is -3.00. The first-order valence-electron chi connectivity index (χ1n) is 9.29. The number of carbonyl (C=O) groups is 1. The van der Waals surface area contributed by atoms with Gasteiger partial charge in [-0.3, -0.25) is 4.79 Å². The average Bonchev–Trinajstić information content (AvgIpc) is 2.95. The first kappa shape index (κ1) is 18.4. The van der Waals surface area contributed by atoms with E-state index in [4.69, 9.17) is 9.47 Å². The van der Waals surface area contributed by atoms with E-state index in [0.717, 1.165) is 31.6 Å². The van der Waals surface area contributed by atoms with Crippen LogP contribution >= 0.6 is 0 Å². The number of methoxy groups -OCH3 is 1. The second kappa shape index (κ2) is 7.55. The Bertz CT molecular complexity index is 937. The van der Waals surface area contributed by atoms with Gasteiger partial charge in [0.1, 0.15) is 17.3 Å². The highest BCUT2D eigenvalue weighted by atomic mass is 16.5. The lowest BCUT2D eigenvalue weighted by atomic mass is 9.96. The van der Waals surface area contributed by atoms with Crippen molar-refractivity contribution in [1.29, 1.82) is 0 Å². The van der Waals surface area contributed by atoms with Crippen molar-refractivity contribution >= 4 is 28.9 Å². The van der Waals surface area contributed by atoms with Crippen LogP contribution in [0.3, 0.4) is 0 Å². The standard InChI is InChI=1S/C20H23N5O3/c1-12-8-14(27-3)10-21-18(12)24-20-22-11-16-17(23-20)15(19(26)25(16)2)9-13-4-6-28-7-5-13/h8-11,13H,4-7H2,1-3H3,(H,21,22,23,24)/b15-9+. The van der Waals surface area contributed by atoms with Gasteiger partial charge in [-0.2, -0.15) is 0 Å². The lowest BCUT2D eigenvalue weighted by molar-refractivity contribution is -0.112. The molecule has 0 atom stereocenters. The van der Waals surface area contributed by atoms with Gasteiger partial charge in [0.2, 0.25) is 5.95 Å². The third-order valence-corrected chi connectivity index (χ3v) is 5.11. The van der Waals surface area contributed by atoms with Crippen LogP contribution in [0.5, 0.6) is 5.75 Å². The molecule has 8 nitrogen and oxygen atoms in total. The number of nitrogens with one attached hydrogen (secondary N) is 1. The fourth-order valence-corrected chi connectivity index (χ4v) is 3.44. The number of fused-ring (bicyclic) bond motifs is 1. The minimum Gasteiger partial charge on any atom is -0.495 e. The molecule has 2 aliphatic rings. The van der Waals surface area contributed by atoms with Gasteiger partial charge in [-0.25, -0.2) is 15.0 Å². The van der Waals surface area contributed by atoms with E-state index in [1.165, 1.54) is 0 Å². The molecule has 0 aromatic carbocycles. The molecule has 28 heavy (non-hydrogen) atoms. The van der Waals surface area contributed by atoms with Crippen molar-refractivity contribution in [2.45, 2.75) is 19.8 Å². The Balaban J connectivity index is 1.65. The highest BCUT2D eigenvalue weighted by Crippen LogP contribution is 2.36. The number of ether oxygens (including phenoxy) is 2. The molecule has 1 saturated heterocycles. The summed E-state index contributed by atoms with van der Waals surface area (Å²) >= 11 is 0. The Kier molecular flexibility index (Phi) is 4.95. The molecule has 1 N–H and O–H groups in total. The first-order valence-corrected chi connectivity index (χ1v) is 9.29. The molecule has 0 unspecified atom stereocenters. The molecule has 8 heteroatoms. The molecule has 2 aromatic rings. The summed E-state index contributed by atoms with van der Waals surface area (Å²) in [6.45, 7) is 3.38. The molecule has 2 aromatic heterocycles. The zero-order chi connectivity index (χ0) is 19.7. The zero-order valence-electron chi connectivity index (χ0n) is 16.2. The maximum atomic E-state index is 12.7. The Morgan fingerprint density at radius 3 is 2.79 bits per heavy atom. The van der Waals surface area contributed by atoms with Crippen molar-refractivity contribution in [3.8, 4) is 5.75 Å². The minimum absolute atomic E-state index is 0.0494. The largest absolute Gasteiger partial charge is 0.495 e. The smallest absolute Gasteiger partial charge is 0.260 e. The Labute approximate surface area is 163 Å². The van der Waals surface area contributed by atoms with E-state index in [1.807, 2.05) is 19.1 Å². The van der Waals surface area contributed by atoms with E-state index >= 15 is 0 Å². The Morgan fingerprint density at radius 1 is 1.29 bits per heavy atom. The number of allylic oxidation sites excluding steroid dienone is 1. The van der Waals surface area contributed by atoms with Crippen molar-refractivity contribution in [3.63, 3.8) is 0 Å². The predicted octanol–water partition coefficient (Wildman–Crippen LogP) is 2.72. The number of pyridine rings is 1. The lowest BCUT2D eigenvalue weighted by Crippen LogP contribution is -2.21.